The fraction of sp³-hybridized carbons (Fsp3) is 0.463. The van der Waals surface area contributed by atoms with E-state index >= 15 is 0 Å². The number of nitro groups is 1. The summed E-state index contributed by atoms with van der Waals surface area (Å²) in [5, 5.41) is 11.7. The van der Waals surface area contributed by atoms with Crippen molar-refractivity contribution in [3.63, 3.8) is 0 Å². The molecule has 2 N–H and O–H groups in total. The number of rotatable bonds is 26. The van der Waals surface area contributed by atoms with Gasteiger partial charge >= 0.3 is 17.6 Å². The molecule has 0 radical (unpaired) electrons. The summed E-state index contributed by atoms with van der Waals surface area (Å²) in [5.74, 6) is 0.00759. The van der Waals surface area contributed by atoms with Gasteiger partial charge in [0.1, 0.15) is 11.5 Å². The Hall–Kier alpha value is -4.86. The van der Waals surface area contributed by atoms with Crippen LogP contribution in [0.4, 0.5) is 11.4 Å². The van der Waals surface area contributed by atoms with Crippen LogP contribution in [0.2, 0.25) is 0 Å². The normalized spacial score (nSPS) is 10.8. The van der Waals surface area contributed by atoms with Crippen molar-refractivity contribution in [2.24, 2.45) is 0 Å². The van der Waals surface area contributed by atoms with Gasteiger partial charge in [-0.1, -0.05) is 115 Å². The second-order valence-corrected chi connectivity index (χ2v) is 12.6. The molecule has 3 rings (SSSR count). The molecule has 0 bridgehead atoms. The van der Waals surface area contributed by atoms with Crippen LogP contribution in [0, 0.1) is 10.1 Å². The molecule has 3 aromatic rings. The summed E-state index contributed by atoms with van der Waals surface area (Å²) in [6.07, 6.45) is 17.7. The first kappa shape index (κ1) is 40.6. The van der Waals surface area contributed by atoms with E-state index in [4.69, 9.17) is 24.7 Å². The van der Waals surface area contributed by atoms with Gasteiger partial charge in [0, 0.05) is 18.2 Å². The van der Waals surface area contributed by atoms with Gasteiger partial charge in [0.25, 0.3) is 0 Å². The van der Waals surface area contributed by atoms with E-state index in [1.54, 1.807) is 12.1 Å². The minimum absolute atomic E-state index is 0.0427. The number of nitro benzene ring substituents is 1. The summed E-state index contributed by atoms with van der Waals surface area (Å²) in [5.41, 5.74) is 7.65. The van der Waals surface area contributed by atoms with Crippen molar-refractivity contribution in [1.82, 2.24) is 0 Å². The number of anilines is 1. The third-order valence-electron chi connectivity index (χ3n) is 8.52. The molecule has 0 aliphatic rings. The van der Waals surface area contributed by atoms with Crippen molar-refractivity contribution in [1.29, 1.82) is 0 Å². The topological polar surface area (TPSA) is 140 Å². The van der Waals surface area contributed by atoms with Gasteiger partial charge in [-0.25, -0.2) is 9.59 Å². The number of benzene rings is 3. The van der Waals surface area contributed by atoms with Crippen LogP contribution in [0.5, 0.6) is 17.2 Å². The number of unbranched alkanes of at least 4 members (excludes halogenated alkanes) is 13. The largest absolute Gasteiger partial charge is 0.494 e. The van der Waals surface area contributed by atoms with Gasteiger partial charge in [-0.05, 0) is 54.7 Å². The van der Waals surface area contributed by atoms with E-state index in [9.17, 15) is 19.7 Å². The van der Waals surface area contributed by atoms with E-state index in [0.717, 1.165) is 80.7 Å². The molecule has 0 fully saturated rings. The van der Waals surface area contributed by atoms with Crippen LogP contribution in [-0.2, 0) is 9.53 Å². The second kappa shape index (κ2) is 23.5. The number of nitrogens with zero attached hydrogens (tertiary/aromatic N) is 1. The van der Waals surface area contributed by atoms with Crippen LogP contribution < -0.4 is 19.9 Å². The lowest BCUT2D eigenvalue weighted by Gasteiger charge is -2.11. The highest BCUT2D eigenvalue weighted by Crippen LogP contribution is 2.33. The molecule has 0 amide bonds. The second-order valence-electron chi connectivity index (χ2n) is 12.6. The zero-order chi connectivity index (χ0) is 36.7. The number of esters is 2. The molecule has 0 aliphatic carbocycles. The van der Waals surface area contributed by atoms with Crippen LogP contribution in [0.25, 0.3) is 11.1 Å². The van der Waals surface area contributed by atoms with Crippen LogP contribution in [0.3, 0.4) is 0 Å². The highest BCUT2D eigenvalue weighted by Gasteiger charge is 2.23. The molecular formula is C41H54N2O8. The maximum Gasteiger partial charge on any atom is 0.345 e. The monoisotopic (exact) mass is 702 g/mol. The van der Waals surface area contributed by atoms with Gasteiger partial charge < -0.3 is 24.7 Å². The molecule has 0 heterocycles. The molecule has 0 unspecified atom stereocenters. The minimum Gasteiger partial charge on any atom is -0.494 e. The highest BCUT2D eigenvalue weighted by atomic mass is 16.6. The summed E-state index contributed by atoms with van der Waals surface area (Å²) in [6.45, 7) is 7.03. The van der Waals surface area contributed by atoms with Gasteiger partial charge in [-0.15, -0.1) is 0 Å². The summed E-state index contributed by atoms with van der Waals surface area (Å²) in [6, 6.07) is 17.3. The molecule has 10 heteroatoms. The van der Waals surface area contributed by atoms with Crippen molar-refractivity contribution in [2.75, 3.05) is 25.6 Å². The van der Waals surface area contributed by atoms with Crippen molar-refractivity contribution in [3.05, 3.63) is 89.0 Å². The van der Waals surface area contributed by atoms with Crippen LogP contribution >= 0.6 is 0 Å². The summed E-state index contributed by atoms with van der Waals surface area (Å²) >= 11 is 0. The number of carbonyl (C=O) groups excluding carboxylic acids is 2. The van der Waals surface area contributed by atoms with Crippen LogP contribution in [0.1, 0.15) is 114 Å². The summed E-state index contributed by atoms with van der Waals surface area (Å²) in [7, 11) is 0. The third-order valence-corrected chi connectivity index (χ3v) is 8.52. The summed E-state index contributed by atoms with van der Waals surface area (Å²) in [4.78, 5) is 35.1. The molecule has 0 atom stereocenters. The molecule has 0 saturated carbocycles. The van der Waals surface area contributed by atoms with Gasteiger partial charge in [-0.2, -0.15) is 0 Å². The first-order valence-corrected chi connectivity index (χ1v) is 18.4. The van der Waals surface area contributed by atoms with Gasteiger partial charge in [-0.3, -0.25) is 10.1 Å². The Bertz CT molecular complexity index is 1510. The number of ether oxygens (including phenoxy) is 4. The van der Waals surface area contributed by atoms with E-state index in [1.165, 1.54) is 50.7 Å². The predicted octanol–water partition coefficient (Wildman–Crippen LogP) is 10.4. The van der Waals surface area contributed by atoms with Crippen molar-refractivity contribution in [2.45, 2.75) is 103 Å². The quantitative estimate of drug-likeness (QED) is 0.0164. The molecule has 3 aromatic carbocycles. The Morgan fingerprint density at radius 2 is 1.20 bits per heavy atom. The van der Waals surface area contributed by atoms with Crippen molar-refractivity contribution in [3.8, 4) is 28.4 Å². The first-order chi connectivity index (χ1) is 24.8. The minimum atomic E-state index is -0.787. The van der Waals surface area contributed by atoms with E-state index in [0.29, 0.717) is 19.8 Å². The van der Waals surface area contributed by atoms with Gasteiger partial charge in [0.05, 0.1) is 36.0 Å². The van der Waals surface area contributed by atoms with Crippen LogP contribution in [0.15, 0.2) is 73.3 Å². The Morgan fingerprint density at radius 3 is 1.73 bits per heavy atom. The molecule has 51 heavy (non-hydrogen) atoms. The lowest BCUT2D eigenvalue weighted by molar-refractivity contribution is -0.385. The molecule has 276 valence electrons. The standard InChI is InChI=1S/C41H54N2O8/c1-3-5-6-7-13-17-28-49-39-31-37(42)36(30-38(39)43(46)47)41(45)51-35-25-21-33(22-26-35)32-19-23-34(24-20-32)48-27-16-14-11-9-8-10-12-15-18-29-50-40(44)4-2/h4,19-26,30-31H,2-3,5-18,27-29,42H2,1H3. The van der Waals surface area contributed by atoms with Gasteiger partial charge in [0.15, 0.2) is 5.75 Å². The smallest absolute Gasteiger partial charge is 0.345 e. The molecular weight excluding hydrogens is 648 g/mol. The third kappa shape index (κ3) is 15.3. The molecule has 0 spiro atoms. The Balaban J connectivity index is 1.37. The van der Waals surface area contributed by atoms with E-state index in [2.05, 4.69) is 13.5 Å². The Morgan fingerprint density at radius 1 is 0.706 bits per heavy atom. The highest BCUT2D eigenvalue weighted by molar-refractivity contribution is 5.97. The first-order valence-electron chi connectivity index (χ1n) is 18.4. The SMILES string of the molecule is C=CC(=O)OCCCCCCCCCCCOc1ccc(-c2ccc(OC(=O)c3cc([N+](=O)[O-])c(OCCCCCCCC)cc3N)cc2)cc1. The number of hydrogen-bond acceptors (Lipinski definition) is 9. The van der Waals surface area contributed by atoms with Gasteiger partial charge in [0.2, 0.25) is 0 Å². The van der Waals surface area contributed by atoms with E-state index in [-0.39, 0.29) is 34.4 Å². The maximum atomic E-state index is 13.0. The summed E-state index contributed by atoms with van der Waals surface area (Å²) < 4.78 is 22.1. The lowest BCUT2D eigenvalue weighted by atomic mass is 10.1. The molecule has 10 nitrogen and oxygen atoms in total. The zero-order valence-corrected chi connectivity index (χ0v) is 30.1. The number of nitrogens with two attached hydrogens (primary N) is 1. The van der Waals surface area contributed by atoms with Crippen molar-refractivity contribution >= 4 is 23.3 Å². The zero-order valence-electron chi connectivity index (χ0n) is 30.1. The molecule has 0 aliphatic heterocycles. The number of nitrogen functional groups attached to an aromatic ring is 1. The molecule has 0 aromatic heterocycles. The average Bonchev–Trinajstić information content (AvgIpc) is 3.13. The molecule has 0 saturated heterocycles. The van der Waals surface area contributed by atoms with E-state index < -0.39 is 10.9 Å². The fourth-order valence-corrected chi connectivity index (χ4v) is 5.57. The average molecular weight is 703 g/mol. The lowest BCUT2D eigenvalue weighted by Crippen LogP contribution is -2.12. The van der Waals surface area contributed by atoms with Crippen LogP contribution in [-0.4, -0.2) is 36.7 Å². The maximum absolute atomic E-state index is 13.0. The Labute approximate surface area is 302 Å². The number of hydrogen-bond donors (Lipinski definition) is 1. The Kier molecular flexibility index (Phi) is 18.7. The number of carbonyl (C=O) groups is 2. The van der Waals surface area contributed by atoms with Crippen molar-refractivity contribution < 1.29 is 33.5 Å². The fourth-order valence-electron chi connectivity index (χ4n) is 5.57. The predicted molar refractivity (Wildman–Crippen MR) is 201 cm³/mol. The van der Waals surface area contributed by atoms with E-state index in [1.807, 2.05) is 36.4 Å².